The number of carbonyl (C=O) groups is 1. The van der Waals surface area contributed by atoms with E-state index in [-0.39, 0.29) is 11.5 Å². The normalized spacial score (nSPS) is 27.0. The number of nitrogens with one attached hydrogen (secondary N) is 1. The van der Waals surface area contributed by atoms with Crippen molar-refractivity contribution < 1.29 is 4.79 Å². The van der Waals surface area contributed by atoms with Crippen LogP contribution in [0.3, 0.4) is 0 Å². The Morgan fingerprint density at radius 2 is 2.15 bits per heavy atom. The molecule has 0 aliphatic carbocycles. The quantitative estimate of drug-likeness (QED) is 0.893. The van der Waals surface area contributed by atoms with Gasteiger partial charge >= 0.3 is 0 Å². The number of thiophene rings is 1. The van der Waals surface area contributed by atoms with Gasteiger partial charge in [-0.1, -0.05) is 13.8 Å². The highest BCUT2D eigenvalue weighted by Crippen LogP contribution is 2.44. The van der Waals surface area contributed by atoms with Crippen molar-refractivity contribution >= 4 is 33.3 Å². The molecule has 2 atom stereocenters. The molecule has 6 nitrogen and oxygen atoms in total. The Kier molecular flexibility index (Phi) is 3.72. The summed E-state index contributed by atoms with van der Waals surface area (Å²) < 4.78 is 0. The van der Waals surface area contributed by atoms with Gasteiger partial charge in [-0.3, -0.25) is 4.79 Å². The highest BCUT2D eigenvalue weighted by molar-refractivity contribution is 7.18. The van der Waals surface area contributed by atoms with Crippen LogP contribution in [-0.2, 0) is 11.2 Å². The molecular formula is C19H25N5OS. The number of hydrogen-bond donors (Lipinski definition) is 1. The van der Waals surface area contributed by atoms with E-state index in [2.05, 4.69) is 40.1 Å². The second kappa shape index (κ2) is 5.89. The maximum absolute atomic E-state index is 12.6. The largest absolute Gasteiger partial charge is 0.354 e. The van der Waals surface area contributed by atoms with Crippen LogP contribution in [0.2, 0.25) is 0 Å². The number of hydrogen-bond acceptors (Lipinski definition) is 6. The van der Waals surface area contributed by atoms with E-state index in [1.54, 1.807) is 17.7 Å². The lowest BCUT2D eigenvalue weighted by atomic mass is 9.72. The highest BCUT2D eigenvalue weighted by Gasteiger charge is 2.54. The first-order chi connectivity index (χ1) is 12.6. The minimum absolute atomic E-state index is 0.0401. The Labute approximate surface area is 157 Å². The Hall–Kier alpha value is -1.73. The van der Waals surface area contributed by atoms with Crippen molar-refractivity contribution in [3.05, 3.63) is 17.3 Å². The van der Waals surface area contributed by atoms with Gasteiger partial charge in [0.25, 0.3) is 0 Å². The third-order valence-electron chi connectivity index (χ3n) is 6.07. The second-order valence-electron chi connectivity index (χ2n) is 8.33. The van der Waals surface area contributed by atoms with E-state index in [1.165, 1.54) is 10.3 Å². The molecule has 1 N–H and O–H groups in total. The van der Waals surface area contributed by atoms with Gasteiger partial charge in [-0.05, 0) is 31.4 Å². The molecule has 0 saturated carbocycles. The van der Waals surface area contributed by atoms with Crippen LogP contribution in [0.1, 0.15) is 25.1 Å². The van der Waals surface area contributed by atoms with Crippen LogP contribution < -0.4 is 10.2 Å². The molecule has 3 saturated heterocycles. The molecule has 26 heavy (non-hydrogen) atoms. The molecule has 138 valence electrons. The molecule has 0 unspecified atom stereocenters. The molecule has 0 radical (unpaired) electrons. The molecule has 2 aromatic rings. The zero-order valence-electron chi connectivity index (χ0n) is 15.4. The Bertz CT molecular complexity index is 851. The fourth-order valence-electron chi connectivity index (χ4n) is 4.67. The summed E-state index contributed by atoms with van der Waals surface area (Å²) in [5.41, 5.74) is 0.279. The first-order valence-corrected chi connectivity index (χ1v) is 10.4. The van der Waals surface area contributed by atoms with E-state index < -0.39 is 0 Å². The molecule has 0 aromatic carbocycles. The van der Waals surface area contributed by atoms with E-state index in [4.69, 9.17) is 0 Å². The fraction of sp³-hybridized carbons (Fsp3) is 0.632. The van der Waals surface area contributed by atoms with Gasteiger partial charge in [0.2, 0.25) is 5.91 Å². The summed E-state index contributed by atoms with van der Waals surface area (Å²) in [6.07, 6.45) is 3.70. The average Bonchev–Trinajstić information content (AvgIpc) is 3.18. The lowest BCUT2D eigenvalue weighted by molar-refractivity contribution is -0.147. The van der Waals surface area contributed by atoms with Gasteiger partial charge in [-0.25, -0.2) is 9.97 Å². The molecule has 1 amide bonds. The lowest BCUT2D eigenvalue weighted by Crippen LogP contribution is -2.74. The van der Waals surface area contributed by atoms with Crippen LogP contribution in [0.15, 0.2) is 12.4 Å². The Morgan fingerprint density at radius 3 is 2.85 bits per heavy atom. The van der Waals surface area contributed by atoms with Gasteiger partial charge in [-0.2, -0.15) is 0 Å². The summed E-state index contributed by atoms with van der Waals surface area (Å²) in [5.74, 6) is 1.97. The zero-order valence-corrected chi connectivity index (χ0v) is 16.2. The molecule has 0 bridgehead atoms. The minimum Gasteiger partial charge on any atom is -0.354 e. The molecule has 5 rings (SSSR count). The third kappa shape index (κ3) is 2.52. The summed E-state index contributed by atoms with van der Waals surface area (Å²) in [7, 11) is 0. The van der Waals surface area contributed by atoms with Crippen molar-refractivity contribution in [1.82, 2.24) is 20.2 Å². The summed E-state index contributed by atoms with van der Waals surface area (Å²) in [4.78, 5) is 28.4. The first-order valence-electron chi connectivity index (χ1n) is 9.57. The Balaban J connectivity index is 1.23. The number of nitrogens with zero attached hydrogens (tertiary/aromatic N) is 4. The number of rotatable bonds is 3. The van der Waals surface area contributed by atoms with Crippen molar-refractivity contribution in [3.63, 3.8) is 0 Å². The minimum atomic E-state index is 0.0401. The SMILES string of the molecule is CCc1cc2c(N3CC4(CN(C(=O)[C@@H]5C[C@H](C)CN5)C4)C3)ncnc2s1. The van der Waals surface area contributed by atoms with Crippen LogP contribution in [0.25, 0.3) is 10.2 Å². The zero-order chi connectivity index (χ0) is 17.9. The van der Waals surface area contributed by atoms with Crippen LogP contribution >= 0.6 is 11.3 Å². The molecule has 1 spiro atoms. The van der Waals surface area contributed by atoms with E-state index in [1.807, 2.05) is 4.90 Å². The number of aryl methyl sites for hydroxylation is 1. The molecule has 7 heteroatoms. The van der Waals surface area contributed by atoms with E-state index in [0.717, 1.165) is 56.2 Å². The molecule has 3 fully saturated rings. The molecule has 5 heterocycles. The van der Waals surface area contributed by atoms with Crippen molar-refractivity contribution in [3.8, 4) is 0 Å². The van der Waals surface area contributed by atoms with Crippen LogP contribution in [0.5, 0.6) is 0 Å². The maximum Gasteiger partial charge on any atom is 0.239 e. The van der Waals surface area contributed by atoms with E-state index in [0.29, 0.717) is 11.8 Å². The third-order valence-corrected chi connectivity index (χ3v) is 7.26. The molecule has 3 aliphatic rings. The van der Waals surface area contributed by atoms with Crippen molar-refractivity contribution in [2.45, 2.75) is 32.7 Å². The maximum atomic E-state index is 12.6. The van der Waals surface area contributed by atoms with Crippen molar-refractivity contribution in [2.75, 3.05) is 37.6 Å². The topological polar surface area (TPSA) is 61.4 Å². The average molecular weight is 372 g/mol. The lowest BCUT2D eigenvalue weighted by Gasteiger charge is -2.60. The summed E-state index contributed by atoms with van der Waals surface area (Å²) in [5, 5.41) is 4.54. The van der Waals surface area contributed by atoms with Gasteiger partial charge in [0, 0.05) is 36.5 Å². The molecular weight excluding hydrogens is 346 g/mol. The van der Waals surface area contributed by atoms with Crippen LogP contribution in [0.4, 0.5) is 5.82 Å². The molecule has 3 aliphatic heterocycles. The van der Waals surface area contributed by atoms with Gasteiger partial charge < -0.3 is 15.1 Å². The second-order valence-corrected chi connectivity index (χ2v) is 9.45. The number of aromatic nitrogens is 2. The van der Waals surface area contributed by atoms with Gasteiger partial charge in [0.1, 0.15) is 17.0 Å². The number of fused-ring (bicyclic) bond motifs is 1. The number of likely N-dealkylation sites (tertiary alicyclic amines) is 1. The monoisotopic (exact) mass is 371 g/mol. The van der Waals surface area contributed by atoms with E-state index >= 15 is 0 Å². The fourth-order valence-corrected chi connectivity index (χ4v) is 5.60. The Morgan fingerprint density at radius 1 is 1.35 bits per heavy atom. The summed E-state index contributed by atoms with van der Waals surface area (Å²) >= 11 is 1.76. The van der Waals surface area contributed by atoms with Crippen molar-refractivity contribution in [2.24, 2.45) is 11.3 Å². The summed E-state index contributed by atoms with van der Waals surface area (Å²) in [6, 6.07) is 2.28. The smallest absolute Gasteiger partial charge is 0.239 e. The number of amides is 1. The molecule has 2 aromatic heterocycles. The predicted molar refractivity (Wildman–Crippen MR) is 104 cm³/mol. The number of anilines is 1. The van der Waals surface area contributed by atoms with E-state index in [9.17, 15) is 4.79 Å². The van der Waals surface area contributed by atoms with Crippen molar-refractivity contribution in [1.29, 1.82) is 0 Å². The predicted octanol–water partition coefficient (Wildman–Crippen LogP) is 1.90. The van der Waals surface area contributed by atoms with Gasteiger partial charge in [0.05, 0.1) is 11.4 Å². The van der Waals surface area contributed by atoms with Crippen LogP contribution in [-0.4, -0.2) is 59.5 Å². The highest BCUT2D eigenvalue weighted by atomic mass is 32.1. The van der Waals surface area contributed by atoms with Crippen LogP contribution in [0, 0.1) is 11.3 Å². The number of carbonyl (C=O) groups excluding carboxylic acids is 1. The standard InChI is InChI=1S/C19H25N5OS/c1-3-13-5-14-16(21-11-22-17(14)26-13)23-7-19(8-23)9-24(10-19)18(25)15-4-12(2)6-20-15/h5,11-12,15,20H,3-4,6-10H2,1-2H3/t12-,15-/m0/s1. The van der Waals surface area contributed by atoms with Gasteiger partial charge in [0.15, 0.2) is 0 Å². The van der Waals surface area contributed by atoms with Gasteiger partial charge in [-0.15, -0.1) is 11.3 Å². The first kappa shape index (κ1) is 16.4. The summed E-state index contributed by atoms with van der Waals surface area (Å²) in [6.45, 7) is 9.13.